The molecule has 2 unspecified atom stereocenters. The molecule has 1 aliphatic rings. The highest BCUT2D eigenvalue weighted by Gasteiger charge is 2.30. The summed E-state index contributed by atoms with van der Waals surface area (Å²) in [6, 6.07) is 3.58. The largest absolute Gasteiger partial charge is 0.481 e. The van der Waals surface area contributed by atoms with Gasteiger partial charge in [-0.3, -0.25) is 4.79 Å². The number of nitrogens with zero attached hydrogens (tertiary/aromatic N) is 2. The van der Waals surface area contributed by atoms with E-state index in [1.165, 1.54) is 0 Å². The number of carbonyl (C=O) groups is 1. The first-order valence-electron chi connectivity index (χ1n) is 6.14. The van der Waals surface area contributed by atoms with Crippen molar-refractivity contribution in [3.8, 4) is 5.88 Å². The van der Waals surface area contributed by atoms with Gasteiger partial charge in [0.2, 0.25) is 11.8 Å². The Labute approximate surface area is 107 Å². The average molecular weight is 249 g/mol. The van der Waals surface area contributed by atoms with Gasteiger partial charge in [0.15, 0.2) is 0 Å². The molecule has 0 aromatic carbocycles. The fourth-order valence-electron chi connectivity index (χ4n) is 2.42. The normalized spacial score (nSPS) is 24.8. The van der Waals surface area contributed by atoms with Crippen molar-refractivity contribution in [1.82, 2.24) is 9.88 Å². The highest BCUT2D eigenvalue weighted by molar-refractivity contribution is 5.76. The zero-order valence-corrected chi connectivity index (χ0v) is 10.8. The molecule has 1 aromatic rings. The zero-order chi connectivity index (χ0) is 13.1. The maximum Gasteiger partial charge on any atom is 0.222 e. The van der Waals surface area contributed by atoms with Crippen molar-refractivity contribution in [1.29, 1.82) is 0 Å². The van der Waals surface area contributed by atoms with Crippen LogP contribution in [0, 0.1) is 0 Å². The smallest absolute Gasteiger partial charge is 0.222 e. The van der Waals surface area contributed by atoms with Gasteiger partial charge in [0.1, 0.15) is 0 Å². The van der Waals surface area contributed by atoms with E-state index in [-0.39, 0.29) is 18.0 Å². The number of nitrogens with two attached hydrogens (primary N) is 1. The fourth-order valence-corrected chi connectivity index (χ4v) is 2.42. The summed E-state index contributed by atoms with van der Waals surface area (Å²) in [5.41, 5.74) is 7.14. The van der Waals surface area contributed by atoms with E-state index in [1.54, 1.807) is 24.3 Å². The second kappa shape index (κ2) is 5.35. The topological polar surface area (TPSA) is 68.5 Å². The summed E-state index contributed by atoms with van der Waals surface area (Å²) in [4.78, 5) is 17.8. The Kier molecular flexibility index (Phi) is 3.81. The van der Waals surface area contributed by atoms with Crippen LogP contribution >= 0.6 is 0 Å². The summed E-state index contributed by atoms with van der Waals surface area (Å²) in [6.07, 6.45) is 4.01. The van der Waals surface area contributed by atoms with Crippen LogP contribution in [0.5, 0.6) is 5.88 Å². The molecule has 1 aromatic heterocycles. The number of aromatic nitrogens is 1. The number of ether oxygens (including phenoxy) is 1. The van der Waals surface area contributed by atoms with Crippen LogP contribution in [0.15, 0.2) is 18.3 Å². The molecule has 1 saturated heterocycles. The van der Waals surface area contributed by atoms with E-state index in [2.05, 4.69) is 4.98 Å². The van der Waals surface area contributed by atoms with Crippen LogP contribution in [0.1, 0.15) is 30.9 Å². The van der Waals surface area contributed by atoms with Crippen molar-refractivity contribution in [2.24, 2.45) is 5.73 Å². The number of pyridine rings is 1. The van der Waals surface area contributed by atoms with Gasteiger partial charge in [0.25, 0.3) is 0 Å². The molecule has 2 atom stereocenters. The molecule has 2 rings (SSSR count). The Morgan fingerprint density at radius 2 is 2.28 bits per heavy atom. The van der Waals surface area contributed by atoms with E-state index in [1.807, 2.05) is 13.1 Å². The number of hydrogen-bond acceptors (Lipinski definition) is 4. The Morgan fingerprint density at radius 3 is 2.89 bits per heavy atom. The van der Waals surface area contributed by atoms with Crippen molar-refractivity contribution in [3.05, 3.63) is 23.9 Å². The van der Waals surface area contributed by atoms with Gasteiger partial charge in [-0.1, -0.05) is 0 Å². The van der Waals surface area contributed by atoms with Gasteiger partial charge >= 0.3 is 0 Å². The molecule has 0 aliphatic carbocycles. The number of carbonyl (C=O) groups excluding carboxylic acids is 1. The first-order valence-corrected chi connectivity index (χ1v) is 6.14. The molecular weight excluding hydrogens is 230 g/mol. The SMILES string of the molecule is COc1ccc(C2C(N)CCCC(=O)N2C)cn1. The van der Waals surface area contributed by atoms with E-state index >= 15 is 0 Å². The number of likely N-dealkylation sites (tertiary alicyclic amines) is 1. The van der Waals surface area contributed by atoms with Crippen LogP contribution in [-0.4, -0.2) is 36.0 Å². The minimum absolute atomic E-state index is 0.0448. The van der Waals surface area contributed by atoms with Gasteiger partial charge in [0, 0.05) is 31.8 Å². The summed E-state index contributed by atoms with van der Waals surface area (Å²) in [5.74, 6) is 0.707. The maximum atomic E-state index is 11.9. The van der Waals surface area contributed by atoms with Crippen LogP contribution in [0.25, 0.3) is 0 Å². The Balaban J connectivity index is 2.29. The van der Waals surface area contributed by atoms with Crippen LogP contribution < -0.4 is 10.5 Å². The molecule has 0 saturated carbocycles. The van der Waals surface area contributed by atoms with E-state index in [9.17, 15) is 4.79 Å². The molecular formula is C13H19N3O2. The lowest BCUT2D eigenvalue weighted by Gasteiger charge is -2.30. The molecule has 5 nitrogen and oxygen atoms in total. The van der Waals surface area contributed by atoms with Crippen LogP contribution in [0.3, 0.4) is 0 Å². The minimum atomic E-state index is -0.0987. The lowest BCUT2D eigenvalue weighted by Crippen LogP contribution is -2.39. The number of methoxy groups -OCH3 is 1. The maximum absolute atomic E-state index is 11.9. The quantitative estimate of drug-likeness (QED) is 0.852. The van der Waals surface area contributed by atoms with Crippen molar-refractivity contribution >= 4 is 5.91 Å². The molecule has 1 amide bonds. The standard InChI is InChI=1S/C13H19N3O2/c1-16-12(17)5-3-4-10(14)13(16)9-6-7-11(18-2)15-8-9/h6-8,10,13H,3-5,14H2,1-2H3. The molecule has 1 fully saturated rings. The molecule has 18 heavy (non-hydrogen) atoms. The summed E-state index contributed by atoms with van der Waals surface area (Å²) in [5, 5.41) is 0. The van der Waals surface area contributed by atoms with Gasteiger partial charge in [-0.25, -0.2) is 4.98 Å². The monoisotopic (exact) mass is 249 g/mol. The van der Waals surface area contributed by atoms with Crippen LogP contribution in [0.2, 0.25) is 0 Å². The molecule has 2 heterocycles. The molecule has 0 spiro atoms. The van der Waals surface area contributed by atoms with E-state index < -0.39 is 0 Å². The lowest BCUT2D eigenvalue weighted by atomic mass is 9.98. The third-order valence-electron chi connectivity index (χ3n) is 3.45. The summed E-state index contributed by atoms with van der Waals surface area (Å²) in [7, 11) is 3.39. The summed E-state index contributed by atoms with van der Waals surface area (Å²) in [6.45, 7) is 0. The minimum Gasteiger partial charge on any atom is -0.481 e. The van der Waals surface area contributed by atoms with Crippen LogP contribution in [0.4, 0.5) is 0 Å². The molecule has 98 valence electrons. The van der Waals surface area contributed by atoms with Gasteiger partial charge in [-0.05, 0) is 24.5 Å². The van der Waals surface area contributed by atoms with Crippen LogP contribution in [-0.2, 0) is 4.79 Å². The van der Waals surface area contributed by atoms with Crippen molar-refractivity contribution < 1.29 is 9.53 Å². The molecule has 5 heteroatoms. The first-order chi connectivity index (χ1) is 8.63. The molecule has 2 N–H and O–H groups in total. The van der Waals surface area contributed by atoms with Gasteiger partial charge in [-0.15, -0.1) is 0 Å². The predicted octanol–water partition coefficient (Wildman–Crippen LogP) is 1.10. The van der Waals surface area contributed by atoms with Gasteiger partial charge in [0.05, 0.1) is 13.2 Å². The molecule has 0 radical (unpaired) electrons. The predicted molar refractivity (Wildman–Crippen MR) is 68.1 cm³/mol. The second-order valence-corrected chi connectivity index (χ2v) is 4.64. The number of rotatable bonds is 2. The lowest BCUT2D eigenvalue weighted by molar-refractivity contribution is -0.131. The highest BCUT2D eigenvalue weighted by atomic mass is 16.5. The fraction of sp³-hybridized carbons (Fsp3) is 0.538. The Bertz CT molecular complexity index is 419. The molecule has 1 aliphatic heterocycles. The van der Waals surface area contributed by atoms with Crippen molar-refractivity contribution in [3.63, 3.8) is 0 Å². The van der Waals surface area contributed by atoms with Gasteiger partial charge < -0.3 is 15.4 Å². The second-order valence-electron chi connectivity index (χ2n) is 4.64. The van der Waals surface area contributed by atoms with Crippen molar-refractivity contribution in [2.45, 2.75) is 31.3 Å². The summed E-state index contributed by atoms with van der Waals surface area (Å²) < 4.78 is 5.03. The number of amides is 1. The van der Waals surface area contributed by atoms with Crippen molar-refractivity contribution in [2.75, 3.05) is 14.2 Å². The first kappa shape index (κ1) is 12.8. The molecule has 0 bridgehead atoms. The zero-order valence-electron chi connectivity index (χ0n) is 10.8. The average Bonchev–Trinajstić information content (AvgIpc) is 2.50. The Morgan fingerprint density at radius 1 is 1.50 bits per heavy atom. The number of hydrogen-bond donors (Lipinski definition) is 1. The van der Waals surface area contributed by atoms with Gasteiger partial charge in [-0.2, -0.15) is 0 Å². The summed E-state index contributed by atoms with van der Waals surface area (Å²) >= 11 is 0. The highest BCUT2D eigenvalue weighted by Crippen LogP contribution is 2.28. The van der Waals surface area contributed by atoms with E-state index in [0.717, 1.165) is 18.4 Å². The Hall–Kier alpha value is -1.62. The number of likely N-dealkylation sites (N-methyl/N-ethyl adjacent to an activating group) is 1. The third kappa shape index (κ3) is 2.46. The van der Waals surface area contributed by atoms with E-state index in [0.29, 0.717) is 12.3 Å². The van der Waals surface area contributed by atoms with E-state index in [4.69, 9.17) is 10.5 Å². The third-order valence-corrected chi connectivity index (χ3v) is 3.45.